The molecule has 5 nitrogen and oxygen atoms in total. The molecule has 0 saturated heterocycles. The van der Waals surface area contributed by atoms with Gasteiger partial charge in [-0.05, 0) is 6.92 Å². The van der Waals surface area contributed by atoms with Crippen LogP contribution in [-0.4, -0.2) is 22.7 Å². The van der Waals surface area contributed by atoms with Gasteiger partial charge in [0.2, 0.25) is 0 Å². The van der Waals surface area contributed by atoms with Crippen molar-refractivity contribution in [3.05, 3.63) is 33.9 Å². The van der Waals surface area contributed by atoms with E-state index in [1.807, 2.05) is 0 Å². The Hall–Kier alpha value is -1.76. The van der Waals surface area contributed by atoms with Crippen LogP contribution in [0.3, 0.4) is 0 Å². The first-order valence-electron chi connectivity index (χ1n) is 4.46. The maximum atomic E-state index is 13.3. The molecule has 0 fully saturated rings. The topological polar surface area (TPSA) is 75.4 Å². The van der Waals surface area contributed by atoms with Crippen LogP contribution in [0.2, 0.25) is 0 Å². The summed E-state index contributed by atoms with van der Waals surface area (Å²) in [5, 5.41) is 21.4. The number of nitrogens with zero attached hydrogens (tertiary/aromatic N) is 1. The van der Waals surface area contributed by atoms with E-state index in [9.17, 15) is 18.9 Å². The molecule has 0 aliphatic carbocycles. The zero-order chi connectivity index (χ0) is 12.3. The largest absolute Gasteiger partial charge is 0.394 e. The van der Waals surface area contributed by atoms with Gasteiger partial charge in [-0.1, -0.05) is 0 Å². The summed E-state index contributed by atoms with van der Waals surface area (Å²) in [6.45, 7) is 1.20. The second-order valence-corrected chi connectivity index (χ2v) is 3.27. The van der Waals surface area contributed by atoms with E-state index in [-0.39, 0.29) is 6.61 Å². The number of benzene rings is 1. The standard InChI is InChI=1S/C9H10F2N2O3/c1-5(4-14)12-9-7(10)2-6(13(15)16)3-8(9)11/h2-3,5,12,14H,4H2,1H3. The number of aliphatic hydroxyl groups excluding tert-OH is 1. The van der Waals surface area contributed by atoms with Crippen LogP contribution in [0.1, 0.15) is 6.92 Å². The average molecular weight is 232 g/mol. The summed E-state index contributed by atoms with van der Waals surface area (Å²) < 4.78 is 26.6. The van der Waals surface area contributed by atoms with Gasteiger partial charge < -0.3 is 10.4 Å². The number of rotatable bonds is 4. The van der Waals surface area contributed by atoms with E-state index in [0.29, 0.717) is 12.1 Å². The van der Waals surface area contributed by atoms with E-state index in [1.54, 1.807) is 0 Å². The molecule has 0 heterocycles. The van der Waals surface area contributed by atoms with Gasteiger partial charge in [0.25, 0.3) is 5.69 Å². The van der Waals surface area contributed by atoms with Crippen LogP contribution in [0, 0.1) is 21.7 Å². The smallest absolute Gasteiger partial charge is 0.275 e. The van der Waals surface area contributed by atoms with Crippen LogP contribution < -0.4 is 5.32 Å². The van der Waals surface area contributed by atoms with Crippen LogP contribution >= 0.6 is 0 Å². The third-order valence-electron chi connectivity index (χ3n) is 1.90. The lowest BCUT2D eigenvalue weighted by Crippen LogP contribution is -2.21. The molecule has 0 bridgehead atoms. The zero-order valence-electron chi connectivity index (χ0n) is 8.41. The number of hydrogen-bond acceptors (Lipinski definition) is 4. The first kappa shape index (κ1) is 12.3. The Balaban J connectivity index is 3.07. The number of anilines is 1. The fourth-order valence-electron chi connectivity index (χ4n) is 1.10. The number of hydrogen-bond donors (Lipinski definition) is 2. The second-order valence-electron chi connectivity index (χ2n) is 3.27. The monoisotopic (exact) mass is 232 g/mol. The summed E-state index contributed by atoms with van der Waals surface area (Å²) in [6, 6.07) is 0.691. The fourth-order valence-corrected chi connectivity index (χ4v) is 1.10. The SMILES string of the molecule is CC(CO)Nc1c(F)cc([N+](=O)[O-])cc1F. The Morgan fingerprint density at radius 2 is 2.00 bits per heavy atom. The zero-order valence-corrected chi connectivity index (χ0v) is 8.41. The van der Waals surface area contributed by atoms with Gasteiger partial charge in [0.15, 0.2) is 11.6 Å². The predicted molar refractivity (Wildman–Crippen MR) is 53.2 cm³/mol. The fraction of sp³-hybridized carbons (Fsp3) is 0.333. The minimum Gasteiger partial charge on any atom is -0.394 e. The molecule has 1 aromatic carbocycles. The number of nitro benzene ring substituents is 1. The van der Waals surface area contributed by atoms with Crippen molar-refractivity contribution in [3.63, 3.8) is 0 Å². The summed E-state index contributed by atoms with van der Waals surface area (Å²) in [4.78, 5) is 9.42. The Morgan fingerprint density at radius 1 is 1.50 bits per heavy atom. The second kappa shape index (κ2) is 4.84. The maximum absolute atomic E-state index is 13.3. The highest BCUT2D eigenvalue weighted by molar-refractivity contribution is 5.52. The Bertz CT molecular complexity index is 389. The Kier molecular flexibility index (Phi) is 3.73. The van der Waals surface area contributed by atoms with Gasteiger partial charge in [-0.15, -0.1) is 0 Å². The lowest BCUT2D eigenvalue weighted by Gasteiger charge is -2.13. The summed E-state index contributed by atoms with van der Waals surface area (Å²) in [5.74, 6) is -2.13. The van der Waals surface area contributed by atoms with Crippen LogP contribution in [-0.2, 0) is 0 Å². The van der Waals surface area contributed by atoms with Crippen molar-refractivity contribution < 1.29 is 18.8 Å². The van der Waals surface area contributed by atoms with Gasteiger partial charge in [-0.25, -0.2) is 8.78 Å². The average Bonchev–Trinajstić information content (AvgIpc) is 2.22. The van der Waals surface area contributed by atoms with Crippen LogP contribution in [0.15, 0.2) is 12.1 Å². The highest BCUT2D eigenvalue weighted by atomic mass is 19.1. The highest BCUT2D eigenvalue weighted by Crippen LogP contribution is 2.25. The number of nitro groups is 1. The quantitative estimate of drug-likeness (QED) is 0.611. The van der Waals surface area contributed by atoms with Crippen molar-refractivity contribution in [1.29, 1.82) is 0 Å². The third-order valence-corrected chi connectivity index (χ3v) is 1.90. The molecular formula is C9H10F2N2O3. The lowest BCUT2D eigenvalue weighted by atomic mass is 10.2. The minimum absolute atomic E-state index is 0.310. The van der Waals surface area contributed by atoms with Crippen LogP contribution in [0.5, 0.6) is 0 Å². The lowest BCUT2D eigenvalue weighted by molar-refractivity contribution is -0.385. The molecule has 1 rings (SSSR count). The molecule has 1 atom stereocenters. The molecule has 0 aliphatic heterocycles. The highest BCUT2D eigenvalue weighted by Gasteiger charge is 2.17. The molecule has 16 heavy (non-hydrogen) atoms. The molecule has 0 aromatic heterocycles. The normalized spacial score (nSPS) is 12.2. The summed E-state index contributed by atoms with van der Waals surface area (Å²) in [7, 11) is 0. The molecule has 0 aliphatic rings. The van der Waals surface area contributed by atoms with Crippen molar-refractivity contribution in [2.24, 2.45) is 0 Å². The molecule has 1 unspecified atom stereocenters. The van der Waals surface area contributed by atoms with Crippen molar-refractivity contribution >= 4 is 11.4 Å². The summed E-state index contributed by atoms with van der Waals surface area (Å²) in [5.41, 5.74) is -1.13. The van der Waals surface area contributed by atoms with E-state index >= 15 is 0 Å². The maximum Gasteiger partial charge on any atom is 0.275 e. The minimum atomic E-state index is -1.06. The van der Waals surface area contributed by atoms with E-state index in [4.69, 9.17) is 5.11 Å². The van der Waals surface area contributed by atoms with Crippen LogP contribution in [0.4, 0.5) is 20.2 Å². The van der Waals surface area contributed by atoms with E-state index in [1.165, 1.54) is 6.92 Å². The van der Waals surface area contributed by atoms with Crippen molar-refractivity contribution in [1.82, 2.24) is 0 Å². The number of nitrogens with one attached hydrogen (secondary N) is 1. The third kappa shape index (κ3) is 2.63. The Labute approximate surface area is 89.9 Å². The summed E-state index contributed by atoms with van der Waals surface area (Å²) in [6.07, 6.45) is 0. The molecule has 88 valence electrons. The van der Waals surface area contributed by atoms with Gasteiger partial charge in [-0.2, -0.15) is 0 Å². The molecule has 0 amide bonds. The molecule has 1 aromatic rings. The molecule has 7 heteroatoms. The van der Waals surface area contributed by atoms with E-state index in [2.05, 4.69) is 5.32 Å². The van der Waals surface area contributed by atoms with Crippen molar-refractivity contribution in [3.8, 4) is 0 Å². The van der Waals surface area contributed by atoms with Crippen molar-refractivity contribution in [2.75, 3.05) is 11.9 Å². The van der Waals surface area contributed by atoms with Gasteiger partial charge in [-0.3, -0.25) is 10.1 Å². The van der Waals surface area contributed by atoms with Gasteiger partial charge in [0.1, 0.15) is 5.69 Å². The molecule has 0 saturated carbocycles. The summed E-state index contributed by atoms with van der Waals surface area (Å²) >= 11 is 0. The Morgan fingerprint density at radius 3 is 2.38 bits per heavy atom. The van der Waals surface area contributed by atoms with Gasteiger partial charge in [0.05, 0.1) is 23.7 Å². The molecular weight excluding hydrogens is 222 g/mol. The number of halogens is 2. The van der Waals surface area contributed by atoms with Gasteiger partial charge >= 0.3 is 0 Å². The molecule has 2 N–H and O–H groups in total. The molecule has 0 spiro atoms. The number of non-ortho nitro benzene ring substituents is 1. The van der Waals surface area contributed by atoms with E-state index < -0.39 is 34.0 Å². The van der Waals surface area contributed by atoms with E-state index in [0.717, 1.165) is 0 Å². The molecule has 0 radical (unpaired) electrons. The van der Waals surface area contributed by atoms with Gasteiger partial charge in [0, 0.05) is 6.04 Å². The number of aliphatic hydroxyl groups is 1. The first-order valence-corrected chi connectivity index (χ1v) is 4.46. The first-order chi connectivity index (χ1) is 7.45. The van der Waals surface area contributed by atoms with Crippen LogP contribution in [0.25, 0.3) is 0 Å². The predicted octanol–water partition coefficient (Wildman–Crippen LogP) is 1.67. The van der Waals surface area contributed by atoms with Crippen molar-refractivity contribution in [2.45, 2.75) is 13.0 Å².